The molecule has 0 saturated carbocycles. The molecular formula is C15H26IN3O3. The zero-order chi connectivity index (χ0) is 15.8. The molecule has 126 valence electrons. The van der Waals surface area contributed by atoms with Gasteiger partial charge in [-0.2, -0.15) is 0 Å². The van der Waals surface area contributed by atoms with Crippen LogP contribution in [0.2, 0.25) is 0 Å². The van der Waals surface area contributed by atoms with Gasteiger partial charge in [0.1, 0.15) is 0 Å². The number of nitrogens with zero attached hydrogens (tertiary/aromatic N) is 1. The smallest absolute Gasteiger partial charge is 0.200 e. The van der Waals surface area contributed by atoms with Gasteiger partial charge in [0, 0.05) is 12.6 Å². The van der Waals surface area contributed by atoms with E-state index in [1.807, 2.05) is 6.92 Å². The zero-order valence-corrected chi connectivity index (χ0v) is 16.1. The standard InChI is InChI=1S/C15H25N3O3.HI/c1-6-16-15(18-10(2)3)17-9-11-7-12(20-4)14(19)13(8-11)21-5;/h7-8,10,19H,6,9H2,1-5H3,(H2,16,17,18);1H. The zero-order valence-electron chi connectivity index (χ0n) is 13.8. The van der Waals surface area contributed by atoms with Gasteiger partial charge in [0.25, 0.3) is 0 Å². The lowest BCUT2D eigenvalue weighted by Crippen LogP contribution is -2.40. The fourth-order valence-corrected chi connectivity index (χ4v) is 1.80. The molecule has 22 heavy (non-hydrogen) atoms. The number of methoxy groups -OCH3 is 2. The predicted molar refractivity (Wildman–Crippen MR) is 99.7 cm³/mol. The third kappa shape index (κ3) is 6.17. The van der Waals surface area contributed by atoms with E-state index in [2.05, 4.69) is 29.5 Å². The Morgan fingerprint density at radius 1 is 1.23 bits per heavy atom. The summed E-state index contributed by atoms with van der Waals surface area (Å²) in [5, 5.41) is 16.3. The van der Waals surface area contributed by atoms with Crippen LogP contribution in [0.5, 0.6) is 17.2 Å². The van der Waals surface area contributed by atoms with Crippen molar-refractivity contribution in [2.75, 3.05) is 20.8 Å². The number of guanidine groups is 1. The number of rotatable bonds is 6. The SMILES string of the molecule is CCNC(=NCc1cc(OC)c(O)c(OC)c1)NC(C)C.I. The molecule has 0 atom stereocenters. The highest BCUT2D eigenvalue weighted by molar-refractivity contribution is 14.0. The number of phenols is 1. The van der Waals surface area contributed by atoms with Gasteiger partial charge in [0.15, 0.2) is 17.5 Å². The Labute approximate surface area is 149 Å². The summed E-state index contributed by atoms with van der Waals surface area (Å²) >= 11 is 0. The van der Waals surface area contributed by atoms with Crippen molar-refractivity contribution in [3.8, 4) is 17.2 Å². The third-order valence-corrected chi connectivity index (χ3v) is 2.73. The molecule has 1 aromatic carbocycles. The Bertz CT molecular complexity index is 468. The number of aromatic hydroxyl groups is 1. The van der Waals surface area contributed by atoms with Crippen LogP contribution in [-0.2, 0) is 6.54 Å². The number of hydrogen-bond acceptors (Lipinski definition) is 4. The largest absolute Gasteiger partial charge is 0.502 e. The molecule has 3 N–H and O–H groups in total. The lowest BCUT2D eigenvalue weighted by molar-refractivity contribution is 0.339. The van der Waals surface area contributed by atoms with E-state index in [-0.39, 0.29) is 29.7 Å². The second kappa shape index (κ2) is 10.4. The van der Waals surface area contributed by atoms with Gasteiger partial charge < -0.3 is 25.2 Å². The predicted octanol–water partition coefficient (Wildman–Crippen LogP) is 2.49. The summed E-state index contributed by atoms with van der Waals surface area (Å²) in [6, 6.07) is 3.80. The van der Waals surface area contributed by atoms with Gasteiger partial charge >= 0.3 is 0 Å². The van der Waals surface area contributed by atoms with Crippen molar-refractivity contribution in [2.45, 2.75) is 33.4 Å². The van der Waals surface area contributed by atoms with Crippen LogP contribution in [0.4, 0.5) is 0 Å². The molecule has 0 radical (unpaired) electrons. The lowest BCUT2D eigenvalue weighted by Gasteiger charge is -2.14. The van der Waals surface area contributed by atoms with Crippen LogP contribution in [-0.4, -0.2) is 37.9 Å². The van der Waals surface area contributed by atoms with E-state index >= 15 is 0 Å². The van der Waals surface area contributed by atoms with Gasteiger partial charge in [-0.3, -0.25) is 0 Å². The minimum atomic E-state index is -0.0000540. The number of benzene rings is 1. The van der Waals surface area contributed by atoms with Crippen molar-refractivity contribution < 1.29 is 14.6 Å². The summed E-state index contributed by atoms with van der Waals surface area (Å²) < 4.78 is 10.3. The van der Waals surface area contributed by atoms with Crippen LogP contribution in [0.3, 0.4) is 0 Å². The van der Waals surface area contributed by atoms with E-state index in [1.165, 1.54) is 14.2 Å². The summed E-state index contributed by atoms with van der Waals surface area (Å²) in [6.45, 7) is 7.37. The van der Waals surface area contributed by atoms with E-state index in [0.717, 1.165) is 18.1 Å². The van der Waals surface area contributed by atoms with Gasteiger partial charge in [0.2, 0.25) is 5.75 Å². The minimum Gasteiger partial charge on any atom is -0.502 e. The minimum absolute atomic E-state index is 0. The van der Waals surface area contributed by atoms with Crippen molar-refractivity contribution in [1.29, 1.82) is 0 Å². The molecule has 0 fully saturated rings. The van der Waals surface area contributed by atoms with Gasteiger partial charge in [-0.25, -0.2) is 4.99 Å². The van der Waals surface area contributed by atoms with Crippen molar-refractivity contribution >= 4 is 29.9 Å². The lowest BCUT2D eigenvalue weighted by atomic mass is 10.2. The quantitative estimate of drug-likeness (QED) is 0.373. The van der Waals surface area contributed by atoms with Crippen LogP contribution in [0.25, 0.3) is 0 Å². The third-order valence-electron chi connectivity index (χ3n) is 2.73. The number of ether oxygens (including phenoxy) is 2. The number of phenolic OH excluding ortho intramolecular Hbond substituents is 1. The van der Waals surface area contributed by atoms with Crippen LogP contribution < -0.4 is 20.1 Å². The van der Waals surface area contributed by atoms with Gasteiger partial charge in [0.05, 0.1) is 20.8 Å². The van der Waals surface area contributed by atoms with E-state index < -0.39 is 0 Å². The number of aliphatic imine (C=N–C) groups is 1. The topological polar surface area (TPSA) is 75.1 Å². The van der Waals surface area contributed by atoms with Crippen LogP contribution in [0.1, 0.15) is 26.3 Å². The molecular weight excluding hydrogens is 397 g/mol. The second-order valence-corrected chi connectivity index (χ2v) is 4.84. The van der Waals surface area contributed by atoms with Crippen molar-refractivity contribution in [3.63, 3.8) is 0 Å². The maximum atomic E-state index is 9.88. The molecule has 0 aliphatic carbocycles. The molecule has 0 aromatic heterocycles. The highest BCUT2D eigenvalue weighted by Gasteiger charge is 2.11. The van der Waals surface area contributed by atoms with Crippen LogP contribution in [0.15, 0.2) is 17.1 Å². The molecule has 0 spiro atoms. The van der Waals surface area contributed by atoms with Crippen LogP contribution >= 0.6 is 24.0 Å². The highest BCUT2D eigenvalue weighted by Crippen LogP contribution is 2.37. The first kappa shape index (κ1) is 20.6. The van der Waals surface area contributed by atoms with Crippen molar-refractivity contribution in [3.05, 3.63) is 17.7 Å². The molecule has 0 heterocycles. The molecule has 0 amide bonds. The maximum absolute atomic E-state index is 9.88. The van der Waals surface area contributed by atoms with Gasteiger partial charge in [-0.1, -0.05) is 0 Å². The average Bonchev–Trinajstić information content (AvgIpc) is 2.45. The van der Waals surface area contributed by atoms with E-state index in [4.69, 9.17) is 9.47 Å². The summed E-state index contributed by atoms with van der Waals surface area (Å²) in [4.78, 5) is 4.51. The normalized spacial score (nSPS) is 10.9. The Morgan fingerprint density at radius 2 is 1.77 bits per heavy atom. The average molecular weight is 423 g/mol. The maximum Gasteiger partial charge on any atom is 0.200 e. The first-order valence-corrected chi connectivity index (χ1v) is 7.00. The first-order chi connectivity index (χ1) is 10.0. The Kier molecular flexibility index (Phi) is 9.71. The Hall–Kier alpha value is -1.38. The fraction of sp³-hybridized carbons (Fsp3) is 0.533. The summed E-state index contributed by atoms with van der Waals surface area (Å²) in [5.41, 5.74) is 0.891. The van der Waals surface area contributed by atoms with Crippen molar-refractivity contribution in [1.82, 2.24) is 10.6 Å². The van der Waals surface area contributed by atoms with E-state index in [9.17, 15) is 5.11 Å². The molecule has 7 heteroatoms. The summed E-state index contributed by atoms with van der Waals surface area (Å²) in [7, 11) is 3.01. The molecule has 0 saturated heterocycles. The number of nitrogens with one attached hydrogen (secondary N) is 2. The van der Waals surface area contributed by atoms with Gasteiger partial charge in [-0.05, 0) is 38.5 Å². The first-order valence-electron chi connectivity index (χ1n) is 7.00. The molecule has 0 aliphatic heterocycles. The molecule has 0 aliphatic rings. The van der Waals surface area contributed by atoms with Gasteiger partial charge in [-0.15, -0.1) is 24.0 Å². The molecule has 0 unspecified atom stereocenters. The Morgan fingerprint density at radius 3 is 2.18 bits per heavy atom. The monoisotopic (exact) mass is 423 g/mol. The van der Waals surface area contributed by atoms with Crippen molar-refractivity contribution in [2.24, 2.45) is 4.99 Å². The van der Waals surface area contributed by atoms with Crippen LogP contribution in [0, 0.1) is 0 Å². The summed E-state index contributed by atoms with van der Waals surface area (Å²) in [6.07, 6.45) is 0. The molecule has 6 nitrogen and oxygen atoms in total. The summed E-state index contributed by atoms with van der Waals surface area (Å²) in [5.74, 6) is 1.50. The molecule has 0 bridgehead atoms. The van der Waals surface area contributed by atoms with E-state index in [1.54, 1.807) is 12.1 Å². The molecule has 1 aromatic rings. The highest BCUT2D eigenvalue weighted by atomic mass is 127. The van der Waals surface area contributed by atoms with E-state index in [0.29, 0.717) is 24.1 Å². The fourth-order valence-electron chi connectivity index (χ4n) is 1.80. The molecule has 1 rings (SSSR count). The Balaban J connectivity index is 0.00000441. The number of halogens is 1. The second-order valence-electron chi connectivity index (χ2n) is 4.84. The number of hydrogen-bond donors (Lipinski definition) is 3.